The minimum absolute atomic E-state index is 0.0974. The molecule has 0 bridgehead atoms. The summed E-state index contributed by atoms with van der Waals surface area (Å²) < 4.78 is 41.3. The molecule has 0 spiro atoms. The van der Waals surface area contributed by atoms with Crippen LogP contribution in [-0.2, 0) is 20.7 Å². The van der Waals surface area contributed by atoms with E-state index in [1.807, 2.05) is 19.9 Å². The quantitative estimate of drug-likeness (QED) is 0.177. The predicted octanol–water partition coefficient (Wildman–Crippen LogP) is 9.39. The van der Waals surface area contributed by atoms with Gasteiger partial charge in [0.05, 0.1) is 7.11 Å². The molecule has 0 aliphatic heterocycles. The Morgan fingerprint density at radius 3 is 2.02 bits per heavy atom. The van der Waals surface area contributed by atoms with Crippen LogP contribution in [0.3, 0.4) is 0 Å². The Morgan fingerprint density at radius 2 is 1.60 bits per heavy atom. The first-order chi connectivity index (χ1) is 20.3. The molecule has 1 N–H and O–H groups in total. The monoisotopic (exact) mass is 616 g/mol. The van der Waals surface area contributed by atoms with Crippen LogP contribution in [0.15, 0.2) is 30.3 Å². The van der Waals surface area contributed by atoms with Crippen LogP contribution in [0.25, 0.3) is 0 Å². The number of aryl methyl sites for hydroxylation is 1. The van der Waals surface area contributed by atoms with E-state index in [2.05, 4.69) is 81.0 Å². The number of benzene rings is 1. The van der Waals surface area contributed by atoms with Crippen molar-refractivity contribution in [2.45, 2.75) is 137 Å². The lowest BCUT2D eigenvalue weighted by atomic mass is 9.67. The molecule has 43 heavy (non-hydrogen) atoms. The molecule has 1 aliphatic rings. The maximum absolute atomic E-state index is 12.3. The van der Waals surface area contributed by atoms with Crippen LogP contribution in [0.1, 0.15) is 124 Å². The van der Waals surface area contributed by atoms with Crippen molar-refractivity contribution in [3.8, 4) is 0 Å². The second-order valence-corrected chi connectivity index (χ2v) is 11.7. The lowest BCUT2D eigenvalue weighted by molar-refractivity contribution is -0.174. The highest BCUT2D eigenvalue weighted by molar-refractivity contribution is 5.81. The van der Waals surface area contributed by atoms with Crippen LogP contribution in [0, 0.1) is 11.3 Å². The van der Waals surface area contributed by atoms with Crippen LogP contribution >= 0.6 is 0 Å². The van der Waals surface area contributed by atoms with E-state index >= 15 is 0 Å². The lowest BCUT2D eigenvalue weighted by Gasteiger charge is -2.40. The number of carbonyl (C=O) groups is 2. The Kier molecular flexibility index (Phi) is 25.3. The fourth-order valence-electron chi connectivity index (χ4n) is 4.87. The summed E-state index contributed by atoms with van der Waals surface area (Å²) in [6.07, 6.45) is 7.88. The number of halogens is 3. The summed E-state index contributed by atoms with van der Waals surface area (Å²) in [7, 11) is 5.54. The number of methoxy groups -OCH3 is 1. The van der Waals surface area contributed by atoms with Gasteiger partial charge in [0, 0.05) is 12.5 Å². The highest BCUT2D eigenvalue weighted by Gasteiger charge is 2.41. The summed E-state index contributed by atoms with van der Waals surface area (Å²) in [5.74, 6) is -1.19. The van der Waals surface area contributed by atoms with Gasteiger partial charge in [-0.3, -0.25) is 9.59 Å². The smallest absolute Gasteiger partial charge is 0.469 e. The van der Waals surface area contributed by atoms with E-state index in [1.54, 1.807) is 0 Å². The van der Waals surface area contributed by atoms with E-state index < -0.39 is 12.1 Å². The summed E-state index contributed by atoms with van der Waals surface area (Å²) in [6, 6.07) is 10.1. The van der Waals surface area contributed by atoms with Crippen LogP contribution in [0.4, 0.5) is 13.2 Å². The summed E-state index contributed by atoms with van der Waals surface area (Å²) in [6.45, 7) is 13.9. The van der Waals surface area contributed by atoms with Gasteiger partial charge in [0.2, 0.25) is 0 Å². The zero-order valence-corrected chi connectivity index (χ0v) is 28.7. The van der Waals surface area contributed by atoms with Gasteiger partial charge in [-0.05, 0) is 88.9 Å². The van der Waals surface area contributed by atoms with Crippen molar-refractivity contribution in [1.29, 1.82) is 0 Å². The number of esters is 1. The summed E-state index contributed by atoms with van der Waals surface area (Å²) in [5.41, 5.74) is 1.68. The number of alkyl halides is 3. The van der Waals surface area contributed by atoms with Gasteiger partial charge in [0.25, 0.3) is 0 Å². The van der Waals surface area contributed by atoms with Gasteiger partial charge in [-0.2, -0.15) is 13.2 Å². The molecule has 1 aromatic rings. The van der Waals surface area contributed by atoms with Crippen molar-refractivity contribution in [3.05, 3.63) is 35.9 Å². The number of amides is 1. The van der Waals surface area contributed by atoms with Gasteiger partial charge in [0.1, 0.15) is 0 Å². The molecule has 2 rings (SSSR count). The molecule has 0 heterocycles. The topological polar surface area (TPSA) is 58.6 Å². The van der Waals surface area contributed by atoms with Crippen LogP contribution in [0.2, 0.25) is 0 Å². The highest BCUT2D eigenvalue weighted by Crippen LogP contribution is 2.44. The molecule has 1 unspecified atom stereocenters. The predicted molar refractivity (Wildman–Crippen MR) is 174 cm³/mol. The van der Waals surface area contributed by atoms with Crippen LogP contribution < -0.4 is 5.32 Å². The van der Waals surface area contributed by atoms with E-state index in [1.165, 1.54) is 25.5 Å². The molecule has 0 saturated heterocycles. The number of unbranched alkanes of at least 4 members (excludes halogenated alkanes) is 2. The van der Waals surface area contributed by atoms with Crippen LogP contribution in [-0.4, -0.2) is 56.7 Å². The minimum Gasteiger partial charge on any atom is -0.469 e. The highest BCUT2D eigenvalue weighted by atomic mass is 19.4. The number of carbonyl (C=O) groups excluding carboxylic acids is 2. The number of rotatable bonds is 13. The maximum atomic E-state index is 12.3. The molecule has 1 atom stereocenters. The Labute approximate surface area is 261 Å². The van der Waals surface area contributed by atoms with Gasteiger partial charge >= 0.3 is 18.1 Å². The Bertz CT molecular complexity index is 808. The first-order valence-corrected chi connectivity index (χ1v) is 16.5. The molecule has 5 nitrogen and oxygen atoms in total. The zero-order chi connectivity index (χ0) is 33.3. The third-order valence-electron chi connectivity index (χ3n) is 8.22. The average Bonchev–Trinajstić information content (AvgIpc) is 3.01. The fraction of sp³-hybridized carbons (Fsp3) is 0.771. The van der Waals surface area contributed by atoms with E-state index in [0.717, 1.165) is 57.9 Å². The molecular formula is C35H63F3N2O3. The first kappa shape index (κ1) is 43.0. The van der Waals surface area contributed by atoms with Crippen molar-refractivity contribution in [3.63, 3.8) is 0 Å². The molecule has 1 fully saturated rings. The second kappa shape index (κ2) is 25.3. The fourth-order valence-corrected chi connectivity index (χ4v) is 4.87. The molecule has 1 saturated carbocycles. The Morgan fingerprint density at radius 1 is 1.02 bits per heavy atom. The first-order valence-electron chi connectivity index (χ1n) is 16.5. The van der Waals surface area contributed by atoms with Gasteiger partial charge in [0.15, 0.2) is 0 Å². The molecular weight excluding hydrogens is 553 g/mol. The van der Waals surface area contributed by atoms with Gasteiger partial charge < -0.3 is 15.0 Å². The lowest BCUT2D eigenvalue weighted by Crippen LogP contribution is -2.46. The normalized spacial score (nSPS) is 18.5. The van der Waals surface area contributed by atoms with E-state index in [4.69, 9.17) is 0 Å². The van der Waals surface area contributed by atoms with Gasteiger partial charge in [-0.1, -0.05) is 97.6 Å². The molecule has 0 aromatic heterocycles. The Balaban J connectivity index is 0. The van der Waals surface area contributed by atoms with Crippen molar-refractivity contribution in [2.75, 3.05) is 27.7 Å². The van der Waals surface area contributed by atoms with Gasteiger partial charge in [-0.15, -0.1) is 0 Å². The number of nitrogens with one attached hydrogen (secondary N) is 1. The van der Waals surface area contributed by atoms with Crippen LogP contribution in [0.5, 0.6) is 0 Å². The number of hydrogen-bond donors (Lipinski definition) is 1. The van der Waals surface area contributed by atoms with Gasteiger partial charge in [-0.25, -0.2) is 0 Å². The second-order valence-electron chi connectivity index (χ2n) is 11.7. The van der Waals surface area contributed by atoms with E-state index in [0.29, 0.717) is 25.2 Å². The van der Waals surface area contributed by atoms with Crippen molar-refractivity contribution in [1.82, 2.24) is 10.2 Å². The van der Waals surface area contributed by atoms with E-state index in [-0.39, 0.29) is 17.4 Å². The molecule has 1 aromatic carbocycles. The van der Waals surface area contributed by atoms with E-state index in [9.17, 15) is 22.8 Å². The largest absolute Gasteiger partial charge is 0.471 e. The minimum atomic E-state index is -4.77. The summed E-state index contributed by atoms with van der Waals surface area (Å²) in [5, 5.41) is 2.13. The number of ether oxygens (including phenoxy) is 1. The molecule has 1 amide bonds. The molecule has 8 heteroatoms. The third kappa shape index (κ3) is 22.1. The number of nitrogens with zero attached hydrogens (tertiary/aromatic N) is 1. The molecule has 252 valence electrons. The van der Waals surface area contributed by atoms with Crippen molar-refractivity contribution >= 4 is 11.9 Å². The Hall–Kier alpha value is -2.09. The molecule has 1 aliphatic carbocycles. The number of hydrogen-bond acceptors (Lipinski definition) is 4. The average molecular weight is 617 g/mol. The maximum Gasteiger partial charge on any atom is 0.471 e. The summed E-state index contributed by atoms with van der Waals surface area (Å²) in [4.78, 5) is 23.8. The van der Waals surface area contributed by atoms with Crippen molar-refractivity contribution < 1.29 is 27.5 Å². The SMILES string of the molecule is CC.CCC(C)CCC1(CC)CCC(NC(=O)C(F)(F)F)CC1.CCc1ccccc1.COC(=O)CCCCCN(C)C. The summed E-state index contributed by atoms with van der Waals surface area (Å²) >= 11 is 0. The third-order valence-corrected chi connectivity index (χ3v) is 8.22. The van der Waals surface area contributed by atoms with Crippen molar-refractivity contribution in [2.24, 2.45) is 11.3 Å². The molecule has 0 radical (unpaired) electrons. The standard InChI is InChI=1S/C16H28F3NO.C9H19NO2.C8H10.C2H6/c1-4-12(3)6-9-15(5-2)10-7-13(8-11-15)20-14(21)16(17,18)19;1-10(2)8-6-4-5-7-9(11)12-3;1-2-8-6-4-3-5-7-8;1-2/h12-13H,4-11H2,1-3H3,(H,20,21);4-8H2,1-3H3;3-7H,2H2,1H3;1-2H3. The zero-order valence-electron chi connectivity index (χ0n) is 28.7.